The van der Waals surface area contributed by atoms with Crippen LogP contribution in [0, 0.1) is 0 Å². The average molecular weight is 229 g/mol. The number of thiazole rings is 1. The maximum absolute atomic E-state index is 4.93. The van der Waals surface area contributed by atoms with Gasteiger partial charge in [-0.1, -0.05) is 0 Å². The summed E-state index contributed by atoms with van der Waals surface area (Å²) in [6, 6.07) is 0. The predicted octanol–water partition coefficient (Wildman–Crippen LogP) is 0.859. The number of ether oxygens (including phenoxy) is 1. The van der Waals surface area contributed by atoms with Crippen molar-refractivity contribution in [3.63, 3.8) is 0 Å². The molecule has 0 aliphatic heterocycles. The molecule has 1 aromatic rings. The Balaban J connectivity index is 1.81. The predicted molar refractivity (Wildman–Crippen MR) is 63.2 cm³/mol. The number of hydrogen-bond donors (Lipinski definition) is 2. The fourth-order valence-corrected chi connectivity index (χ4v) is 1.74. The molecule has 0 atom stereocenters. The summed E-state index contributed by atoms with van der Waals surface area (Å²) in [4.78, 5) is 4.20. The van der Waals surface area contributed by atoms with Crippen LogP contribution >= 0.6 is 11.3 Å². The first kappa shape index (κ1) is 12.6. The summed E-state index contributed by atoms with van der Waals surface area (Å²) in [5, 5.41) is 8.73. The van der Waals surface area contributed by atoms with Crippen molar-refractivity contribution in [1.29, 1.82) is 0 Å². The molecule has 0 spiro atoms. The highest BCUT2D eigenvalue weighted by molar-refractivity contribution is 7.07. The van der Waals surface area contributed by atoms with Crippen molar-refractivity contribution in [2.24, 2.45) is 0 Å². The molecule has 86 valence electrons. The van der Waals surface area contributed by atoms with Crippen LogP contribution in [0.2, 0.25) is 0 Å². The summed E-state index contributed by atoms with van der Waals surface area (Å²) < 4.78 is 4.93. The summed E-state index contributed by atoms with van der Waals surface area (Å²) in [6.45, 7) is 4.65. The topological polar surface area (TPSA) is 46.2 Å². The van der Waals surface area contributed by atoms with Crippen LogP contribution in [-0.2, 0) is 11.3 Å². The normalized spacial score (nSPS) is 10.7. The molecular formula is C10H19N3OS. The maximum Gasteiger partial charge on any atom is 0.0795 e. The van der Waals surface area contributed by atoms with E-state index in [2.05, 4.69) is 21.0 Å². The molecule has 0 bridgehead atoms. The van der Waals surface area contributed by atoms with Gasteiger partial charge in [0, 0.05) is 25.6 Å². The lowest BCUT2D eigenvalue weighted by Gasteiger charge is -2.04. The lowest BCUT2D eigenvalue weighted by molar-refractivity contribution is 0.199. The van der Waals surface area contributed by atoms with Crippen LogP contribution < -0.4 is 10.6 Å². The Kier molecular flexibility index (Phi) is 7.37. The summed E-state index contributed by atoms with van der Waals surface area (Å²) in [6.07, 6.45) is 1.13. The van der Waals surface area contributed by atoms with Gasteiger partial charge in [-0.25, -0.2) is 4.98 Å². The van der Waals surface area contributed by atoms with Crippen molar-refractivity contribution in [2.45, 2.75) is 13.0 Å². The highest BCUT2D eigenvalue weighted by Gasteiger charge is 1.93. The third-order valence-electron chi connectivity index (χ3n) is 1.98. The van der Waals surface area contributed by atoms with Crippen LogP contribution in [0.25, 0.3) is 0 Å². The van der Waals surface area contributed by atoms with Gasteiger partial charge in [0.25, 0.3) is 0 Å². The van der Waals surface area contributed by atoms with Crippen molar-refractivity contribution < 1.29 is 4.74 Å². The molecule has 0 unspecified atom stereocenters. The molecule has 0 saturated heterocycles. The molecule has 15 heavy (non-hydrogen) atoms. The van der Waals surface area contributed by atoms with E-state index in [0.717, 1.165) is 44.9 Å². The minimum Gasteiger partial charge on any atom is -0.383 e. The minimum atomic E-state index is 0.784. The lowest BCUT2D eigenvalue weighted by atomic mass is 10.4. The molecule has 0 aliphatic rings. The minimum absolute atomic E-state index is 0.784. The van der Waals surface area contributed by atoms with Crippen LogP contribution in [0.4, 0.5) is 0 Å². The number of aromatic nitrogens is 1. The molecule has 2 N–H and O–H groups in total. The third kappa shape index (κ3) is 6.57. The van der Waals surface area contributed by atoms with E-state index in [-0.39, 0.29) is 0 Å². The van der Waals surface area contributed by atoms with Crippen LogP contribution in [0.3, 0.4) is 0 Å². The zero-order chi connectivity index (χ0) is 10.8. The quantitative estimate of drug-likeness (QED) is 0.617. The monoisotopic (exact) mass is 229 g/mol. The zero-order valence-electron chi connectivity index (χ0n) is 9.16. The summed E-state index contributed by atoms with van der Waals surface area (Å²) >= 11 is 1.64. The fourth-order valence-electron chi connectivity index (χ4n) is 1.18. The van der Waals surface area contributed by atoms with E-state index in [9.17, 15) is 0 Å². The molecule has 5 heteroatoms. The molecule has 1 rings (SSSR count). The van der Waals surface area contributed by atoms with E-state index in [0.29, 0.717) is 0 Å². The van der Waals surface area contributed by atoms with Crippen molar-refractivity contribution in [2.75, 3.05) is 33.4 Å². The van der Waals surface area contributed by atoms with Gasteiger partial charge in [0.15, 0.2) is 0 Å². The van der Waals surface area contributed by atoms with Gasteiger partial charge in [-0.15, -0.1) is 11.3 Å². The standard InChI is InChI=1S/C10H19N3OS/c1-14-6-5-11-3-2-4-12-7-10-8-15-9-13-10/h8-9,11-12H,2-7H2,1H3. The Hall–Kier alpha value is -0.490. The van der Waals surface area contributed by atoms with E-state index in [1.165, 1.54) is 0 Å². The van der Waals surface area contributed by atoms with Gasteiger partial charge in [0.1, 0.15) is 0 Å². The first-order valence-electron chi connectivity index (χ1n) is 5.21. The summed E-state index contributed by atoms with van der Waals surface area (Å²) in [5.74, 6) is 0. The van der Waals surface area contributed by atoms with Gasteiger partial charge >= 0.3 is 0 Å². The molecule has 0 radical (unpaired) electrons. The highest BCUT2D eigenvalue weighted by atomic mass is 32.1. The molecular weight excluding hydrogens is 210 g/mol. The average Bonchev–Trinajstić information content (AvgIpc) is 2.75. The smallest absolute Gasteiger partial charge is 0.0795 e. The second-order valence-electron chi connectivity index (χ2n) is 3.25. The Labute approximate surface area is 95.1 Å². The van der Waals surface area contributed by atoms with Crippen molar-refractivity contribution >= 4 is 11.3 Å². The van der Waals surface area contributed by atoms with Gasteiger partial charge in [-0.05, 0) is 19.5 Å². The van der Waals surface area contributed by atoms with Crippen molar-refractivity contribution in [3.05, 3.63) is 16.6 Å². The molecule has 0 saturated carbocycles. The fraction of sp³-hybridized carbons (Fsp3) is 0.700. The Morgan fingerprint density at radius 1 is 1.33 bits per heavy atom. The number of rotatable bonds is 9. The van der Waals surface area contributed by atoms with Crippen LogP contribution in [0.15, 0.2) is 10.9 Å². The molecule has 1 heterocycles. The molecule has 0 fully saturated rings. The van der Waals surface area contributed by atoms with Gasteiger partial charge < -0.3 is 15.4 Å². The van der Waals surface area contributed by atoms with Gasteiger partial charge in [-0.2, -0.15) is 0 Å². The molecule has 0 aliphatic carbocycles. The van der Waals surface area contributed by atoms with Crippen LogP contribution in [0.5, 0.6) is 0 Å². The first-order chi connectivity index (χ1) is 7.43. The second kappa shape index (κ2) is 8.79. The van der Waals surface area contributed by atoms with Gasteiger partial charge in [0.05, 0.1) is 17.8 Å². The number of methoxy groups -OCH3 is 1. The van der Waals surface area contributed by atoms with Crippen LogP contribution in [-0.4, -0.2) is 38.3 Å². The molecule has 1 aromatic heterocycles. The van der Waals surface area contributed by atoms with Crippen LogP contribution in [0.1, 0.15) is 12.1 Å². The largest absolute Gasteiger partial charge is 0.383 e. The van der Waals surface area contributed by atoms with Crippen molar-refractivity contribution in [3.8, 4) is 0 Å². The SMILES string of the molecule is COCCNCCCNCc1cscn1. The van der Waals surface area contributed by atoms with Gasteiger partial charge in [-0.3, -0.25) is 0 Å². The lowest BCUT2D eigenvalue weighted by Crippen LogP contribution is -2.24. The van der Waals surface area contributed by atoms with Crippen molar-refractivity contribution in [1.82, 2.24) is 15.6 Å². The summed E-state index contributed by atoms with van der Waals surface area (Å²) in [5.41, 5.74) is 3.00. The Bertz CT molecular complexity index is 229. The van der Waals surface area contributed by atoms with E-state index in [4.69, 9.17) is 4.74 Å². The zero-order valence-corrected chi connectivity index (χ0v) is 9.98. The number of nitrogens with one attached hydrogen (secondary N) is 2. The third-order valence-corrected chi connectivity index (χ3v) is 2.61. The highest BCUT2D eigenvalue weighted by Crippen LogP contribution is 1.99. The molecule has 4 nitrogen and oxygen atoms in total. The molecule has 0 amide bonds. The maximum atomic E-state index is 4.93. The van der Waals surface area contributed by atoms with E-state index >= 15 is 0 Å². The van der Waals surface area contributed by atoms with E-state index in [1.54, 1.807) is 18.4 Å². The first-order valence-corrected chi connectivity index (χ1v) is 6.15. The second-order valence-corrected chi connectivity index (χ2v) is 3.97. The Morgan fingerprint density at radius 3 is 2.93 bits per heavy atom. The van der Waals surface area contributed by atoms with E-state index < -0.39 is 0 Å². The Morgan fingerprint density at radius 2 is 2.20 bits per heavy atom. The summed E-state index contributed by atoms with van der Waals surface area (Å²) in [7, 11) is 1.72. The van der Waals surface area contributed by atoms with E-state index in [1.807, 2.05) is 5.51 Å². The number of nitrogens with zero attached hydrogens (tertiary/aromatic N) is 1. The number of hydrogen-bond acceptors (Lipinski definition) is 5. The molecule has 0 aromatic carbocycles. The van der Waals surface area contributed by atoms with Gasteiger partial charge in [0.2, 0.25) is 0 Å².